The minimum absolute atomic E-state index is 0.706. The molecule has 1 nitrogen and oxygen atoms in total. The van der Waals surface area contributed by atoms with Gasteiger partial charge in [0.05, 0.1) is 0 Å². The molecule has 1 aliphatic rings. The molecule has 84 valence electrons. The van der Waals surface area contributed by atoms with Crippen molar-refractivity contribution in [3.05, 3.63) is 0 Å². The highest BCUT2D eigenvalue weighted by Gasteiger charge is 2.27. The Morgan fingerprint density at radius 2 is 2.00 bits per heavy atom. The van der Waals surface area contributed by atoms with E-state index in [0.29, 0.717) is 6.04 Å². The summed E-state index contributed by atoms with van der Waals surface area (Å²) in [7, 11) is 0. The Labute approximate surface area is 89.7 Å². The fourth-order valence-electron chi connectivity index (χ4n) is 2.70. The standard InChI is InChI=1S/C13H27N/c1-5-7-11(3)14-13-9-6-8-10(2)12(13)4/h10-14H,5-9H2,1-4H3/t10-,11+,12-,13-/m0/s1. The second kappa shape index (κ2) is 5.75. The van der Waals surface area contributed by atoms with E-state index in [-0.39, 0.29) is 0 Å². The summed E-state index contributed by atoms with van der Waals surface area (Å²) in [6.45, 7) is 9.42. The Bertz CT molecular complexity index is 155. The number of nitrogens with one attached hydrogen (secondary N) is 1. The highest BCUT2D eigenvalue weighted by molar-refractivity contribution is 4.83. The van der Waals surface area contributed by atoms with Gasteiger partial charge in [-0.1, -0.05) is 40.0 Å². The van der Waals surface area contributed by atoms with Crippen LogP contribution in [0.5, 0.6) is 0 Å². The SMILES string of the molecule is CCC[C@@H](C)N[C@H]1CCC[C@H](C)[C@@H]1C. The smallest absolute Gasteiger partial charge is 0.00977 e. The first-order valence-electron chi connectivity index (χ1n) is 6.41. The van der Waals surface area contributed by atoms with Crippen LogP contribution in [-0.2, 0) is 0 Å². The summed E-state index contributed by atoms with van der Waals surface area (Å²) in [5, 5.41) is 3.80. The van der Waals surface area contributed by atoms with Crippen molar-refractivity contribution in [2.45, 2.75) is 71.9 Å². The van der Waals surface area contributed by atoms with E-state index in [1.54, 1.807) is 0 Å². The maximum absolute atomic E-state index is 3.80. The Morgan fingerprint density at radius 3 is 2.64 bits per heavy atom. The van der Waals surface area contributed by atoms with Gasteiger partial charge in [-0.05, 0) is 31.6 Å². The lowest BCUT2D eigenvalue weighted by Crippen LogP contribution is -2.44. The predicted octanol–water partition coefficient (Wildman–Crippen LogP) is 3.59. The number of hydrogen-bond acceptors (Lipinski definition) is 1. The highest BCUT2D eigenvalue weighted by Crippen LogP contribution is 2.29. The monoisotopic (exact) mass is 197 g/mol. The van der Waals surface area contributed by atoms with Crippen LogP contribution in [0.3, 0.4) is 0 Å². The lowest BCUT2D eigenvalue weighted by Gasteiger charge is -2.36. The summed E-state index contributed by atoms with van der Waals surface area (Å²) in [5.41, 5.74) is 0. The summed E-state index contributed by atoms with van der Waals surface area (Å²) in [5.74, 6) is 1.78. The molecule has 1 N–H and O–H groups in total. The first-order chi connectivity index (χ1) is 6.65. The second-order valence-corrected chi connectivity index (χ2v) is 5.23. The molecule has 0 unspecified atom stereocenters. The average molecular weight is 197 g/mol. The fourth-order valence-corrected chi connectivity index (χ4v) is 2.70. The van der Waals surface area contributed by atoms with E-state index in [9.17, 15) is 0 Å². The minimum atomic E-state index is 0.706. The first-order valence-corrected chi connectivity index (χ1v) is 6.41. The zero-order valence-electron chi connectivity index (χ0n) is 10.3. The van der Waals surface area contributed by atoms with Crippen LogP contribution in [0.15, 0.2) is 0 Å². The normalized spacial score (nSPS) is 35.6. The zero-order valence-corrected chi connectivity index (χ0v) is 10.3. The van der Waals surface area contributed by atoms with Crippen molar-refractivity contribution >= 4 is 0 Å². The van der Waals surface area contributed by atoms with Crippen LogP contribution in [0.4, 0.5) is 0 Å². The largest absolute Gasteiger partial charge is 0.311 e. The van der Waals surface area contributed by atoms with E-state index in [2.05, 4.69) is 33.0 Å². The Kier molecular flexibility index (Phi) is 4.94. The average Bonchev–Trinajstić information content (AvgIpc) is 2.13. The van der Waals surface area contributed by atoms with E-state index in [0.717, 1.165) is 17.9 Å². The van der Waals surface area contributed by atoms with Gasteiger partial charge >= 0.3 is 0 Å². The molecular weight excluding hydrogens is 170 g/mol. The third-order valence-corrected chi connectivity index (χ3v) is 3.93. The van der Waals surface area contributed by atoms with Crippen molar-refractivity contribution in [1.82, 2.24) is 5.32 Å². The fraction of sp³-hybridized carbons (Fsp3) is 1.00. The Morgan fingerprint density at radius 1 is 1.29 bits per heavy atom. The molecule has 0 aromatic carbocycles. The molecule has 4 atom stereocenters. The molecule has 0 aliphatic heterocycles. The summed E-state index contributed by atoms with van der Waals surface area (Å²) in [4.78, 5) is 0. The maximum atomic E-state index is 3.80. The van der Waals surface area contributed by atoms with Gasteiger partial charge in [-0.15, -0.1) is 0 Å². The van der Waals surface area contributed by atoms with Crippen molar-refractivity contribution in [3.8, 4) is 0 Å². The molecule has 0 saturated heterocycles. The molecule has 1 aliphatic carbocycles. The van der Waals surface area contributed by atoms with Gasteiger partial charge in [-0.2, -0.15) is 0 Å². The molecule has 1 saturated carbocycles. The quantitative estimate of drug-likeness (QED) is 0.726. The molecule has 0 aromatic rings. The van der Waals surface area contributed by atoms with Crippen LogP contribution < -0.4 is 5.32 Å². The third-order valence-electron chi connectivity index (χ3n) is 3.93. The molecule has 0 bridgehead atoms. The molecule has 1 fully saturated rings. The number of rotatable bonds is 4. The lowest BCUT2D eigenvalue weighted by atomic mass is 9.78. The van der Waals surface area contributed by atoms with Gasteiger partial charge in [0.1, 0.15) is 0 Å². The van der Waals surface area contributed by atoms with Crippen LogP contribution in [0, 0.1) is 11.8 Å². The predicted molar refractivity (Wildman–Crippen MR) is 63.5 cm³/mol. The van der Waals surface area contributed by atoms with Gasteiger partial charge in [0, 0.05) is 12.1 Å². The van der Waals surface area contributed by atoms with Crippen molar-refractivity contribution in [1.29, 1.82) is 0 Å². The van der Waals surface area contributed by atoms with Gasteiger partial charge in [-0.3, -0.25) is 0 Å². The van der Waals surface area contributed by atoms with Crippen molar-refractivity contribution in [3.63, 3.8) is 0 Å². The van der Waals surface area contributed by atoms with Crippen molar-refractivity contribution in [2.75, 3.05) is 0 Å². The molecule has 0 amide bonds. The molecule has 1 heteroatoms. The van der Waals surface area contributed by atoms with Crippen LogP contribution >= 0.6 is 0 Å². The topological polar surface area (TPSA) is 12.0 Å². The molecule has 0 spiro atoms. The van der Waals surface area contributed by atoms with Crippen LogP contribution in [-0.4, -0.2) is 12.1 Å². The van der Waals surface area contributed by atoms with Gasteiger partial charge in [0.2, 0.25) is 0 Å². The second-order valence-electron chi connectivity index (χ2n) is 5.23. The Balaban J connectivity index is 2.35. The van der Waals surface area contributed by atoms with Crippen LogP contribution in [0.1, 0.15) is 59.8 Å². The van der Waals surface area contributed by atoms with E-state index in [1.807, 2.05) is 0 Å². The van der Waals surface area contributed by atoms with Gasteiger partial charge in [0.15, 0.2) is 0 Å². The zero-order chi connectivity index (χ0) is 10.6. The summed E-state index contributed by atoms with van der Waals surface area (Å²) < 4.78 is 0. The van der Waals surface area contributed by atoms with Crippen LogP contribution in [0.25, 0.3) is 0 Å². The third kappa shape index (κ3) is 3.27. The highest BCUT2D eigenvalue weighted by atomic mass is 15.0. The molecular formula is C13H27N. The van der Waals surface area contributed by atoms with E-state index in [4.69, 9.17) is 0 Å². The van der Waals surface area contributed by atoms with Crippen LogP contribution in [0.2, 0.25) is 0 Å². The van der Waals surface area contributed by atoms with E-state index >= 15 is 0 Å². The molecule has 1 rings (SSSR count). The molecule has 0 aromatic heterocycles. The lowest BCUT2D eigenvalue weighted by molar-refractivity contribution is 0.194. The molecule has 14 heavy (non-hydrogen) atoms. The minimum Gasteiger partial charge on any atom is -0.311 e. The van der Waals surface area contributed by atoms with Crippen molar-refractivity contribution in [2.24, 2.45) is 11.8 Å². The maximum Gasteiger partial charge on any atom is 0.00977 e. The molecule has 0 heterocycles. The van der Waals surface area contributed by atoms with Gasteiger partial charge < -0.3 is 5.32 Å². The first kappa shape index (κ1) is 12.0. The van der Waals surface area contributed by atoms with Gasteiger partial charge in [0.25, 0.3) is 0 Å². The summed E-state index contributed by atoms with van der Waals surface area (Å²) in [6.07, 6.45) is 6.85. The molecule has 0 radical (unpaired) electrons. The summed E-state index contributed by atoms with van der Waals surface area (Å²) in [6, 6.07) is 1.48. The van der Waals surface area contributed by atoms with Crippen molar-refractivity contribution < 1.29 is 0 Å². The van der Waals surface area contributed by atoms with E-state index < -0.39 is 0 Å². The summed E-state index contributed by atoms with van der Waals surface area (Å²) >= 11 is 0. The Hall–Kier alpha value is -0.0400. The number of hydrogen-bond donors (Lipinski definition) is 1. The van der Waals surface area contributed by atoms with Gasteiger partial charge in [-0.25, -0.2) is 0 Å². The van der Waals surface area contributed by atoms with E-state index in [1.165, 1.54) is 32.1 Å².